The number of phenolic OH excluding ortho intramolecular Hbond substituents is 1. The van der Waals surface area contributed by atoms with Crippen molar-refractivity contribution in [1.29, 1.82) is 0 Å². The van der Waals surface area contributed by atoms with Gasteiger partial charge in [-0.3, -0.25) is 9.59 Å². The first-order valence-electron chi connectivity index (χ1n) is 9.43. The second-order valence-electron chi connectivity index (χ2n) is 7.14. The SMILES string of the molecule is Cc1c(CC(=O)N2CCNCC2)c(=O)oc2c(C=O)c(O)c3c(c12)CCCO3. The number of nitrogens with one attached hydrogen (secondary N) is 1. The number of nitrogens with zero attached hydrogens (tertiary/aromatic N) is 1. The molecule has 8 heteroatoms. The lowest BCUT2D eigenvalue weighted by atomic mass is 9.92. The Morgan fingerprint density at radius 1 is 1.32 bits per heavy atom. The molecule has 0 unspecified atom stereocenters. The molecule has 0 atom stereocenters. The normalized spacial score (nSPS) is 16.5. The maximum Gasteiger partial charge on any atom is 0.340 e. The molecule has 1 saturated heterocycles. The average Bonchev–Trinajstić information content (AvgIpc) is 2.72. The van der Waals surface area contributed by atoms with Gasteiger partial charge in [0.1, 0.15) is 5.56 Å². The van der Waals surface area contributed by atoms with Crippen LogP contribution in [0.3, 0.4) is 0 Å². The molecule has 2 aromatic rings. The van der Waals surface area contributed by atoms with Gasteiger partial charge in [-0.05, 0) is 25.3 Å². The van der Waals surface area contributed by atoms with Gasteiger partial charge in [-0.25, -0.2) is 4.79 Å². The topological polar surface area (TPSA) is 109 Å². The van der Waals surface area contributed by atoms with Crippen LogP contribution in [0.1, 0.15) is 33.5 Å². The Labute approximate surface area is 161 Å². The van der Waals surface area contributed by atoms with Crippen LogP contribution in [0.15, 0.2) is 9.21 Å². The van der Waals surface area contributed by atoms with Gasteiger partial charge in [0, 0.05) is 37.1 Å². The first-order valence-corrected chi connectivity index (χ1v) is 9.43. The van der Waals surface area contributed by atoms with E-state index in [0.29, 0.717) is 48.9 Å². The third-order valence-corrected chi connectivity index (χ3v) is 5.52. The lowest BCUT2D eigenvalue weighted by Gasteiger charge is -2.27. The number of hydrogen-bond donors (Lipinski definition) is 2. The fraction of sp³-hybridized carbons (Fsp3) is 0.450. The van der Waals surface area contributed by atoms with Crippen LogP contribution in [-0.2, 0) is 17.6 Å². The van der Waals surface area contributed by atoms with Crippen molar-refractivity contribution in [3.8, 4) is 11.5 Å². The highest BCUT2D eigenvalue weighted by Crippen LogP contribution is 2.43. The van der Waals surface area contributed by atoms with Crippen LogP contribution in [0.2, 0.25) is 0 Å². The highest BCUT2D eigenvalue weighted by molar-refractivity contribution is 6.02. The van der Waals surface area contributed by atoms with E-state index in [2.05, 4.69) is 5.32 Å². The number of carbonyl (C=O) groups excluding carboxylic acids is 2. The van der Waals surface area contributed by atoms with E-state index in [9.17, 15) is 19.5 Å². The minimum Gasteiger partial charge on any atom is -0.504 e. The van der Waals surface area contributed by atoms with Crippen LogP contribution in [0.4, 0.5) is 0 Å². The first-order chi connectivity index (χ1) is 13.5. The minimum atomic E-state index is -0.660. The maximum absolute atomic E-state index is 12.7. The Balaban J connectivity index is 1.87. The zero-order chi connectivity index (χ0) is 19.8. The van der Waals surface area contributed by atoms with Gasteiger partial charge < -0.3 is 24.5 Å². The summed E-state index contributed by atoms with van der Waals surface area (Å²) in [5, 5.41) is 14.2. The number of carbonyl (C=O) groups is 2. The minimum absolute atomic E-state index is 0.0534. The molecule has 8 nitrogen and oxygen atoms in total. The van der Waals surface area contributed by atoms with Gasteiger partial charge in [0.2, 0.25) is 5.91 Å². The number of rotatable bonds is 3. The van der Waals surface area contributed by atoms with Gasteiger partial charge in [0.25, 0.3) is 0 Å². The standard InChI is InChI=1S/C20H22N2O6/c1-11-13(9-15(24)22-6-4-21-5-7-22)20(26)28-18-14(10-23)17(25)19-12(16(11)18)3-2-8-27-19/h10,21,25H,2-9H2,1H3. The smallest absolute Gasteiger partial charge is 0.340 e. The van der Waals surface area contributed by atoms with Crippen molar-refractivity contribution < 1.29 is 23.8 Å². The molecule has 2 aliphatic heterocycles. The van der Waals surface area contributed by atoms with E-state index in [1.807, 2.05) is 0 Å². The van der Waals surface area contributed by atoms with E-state index in [0.717, 1.165) is 19.5 Å². The van der Waals surface area contributed by atoms with Crippen molar-refractivity contribution in [3.63, 3.8) is 0 Å². The maximum atomic E-state index is 12.7. The van der Waals surface area contributed by atoms with E-state index < -0.39 is 5.63 Å². The predicted molar refractivity (Wildman–Crippen MR) is 101 cm³/mol. The number of fused-ring (bicyclic) bond motifs is 3. The first kappa shape index (κ1) is 18.5. The second kappa shape index (κ2) is 7.27. The summed E-state index contributed by atoms with van der Waals surface area (Å²) in [5.41, 5.74) is 0.883. The third kappa shape index (κ3) is 2.93. The zero-order valence-electron chi connectivity index (χ0n) is 15.7. The van der Waals surface area contributed by atoms with E-state index in [1.165, 1.54) is 0 Å². The Morgan fingerprint density at radius 2 is 2.07 bits per heavy atom. The number of amides is 1. The third-order valence-electron chi connectivity index (χ3n) is 5.52. The molecule has 0 bridgehead atoms. The van der Waals surface area contributed by atoms with Gasteiger partial charge in [-0.2, -0.15) is 0 Å². The molecule has 1 amide bonds. The molecule has 28 heavy (non-hydrogen) atoms. The van der Waals surface area contributed by atoms with Crippen LogP contribution >= 0.6 is 0 Å². The number of piperazine rings is 1. The van der Waals surface area contributed by atoms with E-state index in [1.54, 1.807) is 11.8 Å². The molecule has 1 fully saturated rings. The fourth-order valence-electron chi connectivity index (χ4n) is 4.03. The molecule has 0 saturated carbocycles. The molecule has 0 aliphatic carbocycles. The van der Waals surface area contributed by atoms with Gasteiger partial charge in [-0.1, -0.05) is 0 Å². The second-order valence-corrected chi connectivity index (χ2v) is 7.14. The molecular formula is C20H22N2O6. The Morgan fingerprint density at radius 3 is 2.79 bits per heavy atom. The molecule has 148 valence electrons. The predicted octanol–water partition coefficient (Wildman–Crippen LogP) is 0.919. The van der Waals surface area contributed by atoms with Gasteiger partial charge in [0.05, 0.1) is 18.6 Å². The lowest BCUT2D eigenvalue weighted by molar-refractivity contribution is -0.131. The summed E-state index contributed by atoms with van der Waals surface area (Å²) >= 11 is 0. The summed E-state index contributed by atoms with van der Waals surface area (Å²) in [6.07, 6.45) is 1.77. The number of phenols is 1. The van der Waals surface area contributed by atoms with Crippen molar-refractivity contribution >= 4 is 23.2 Å². The molecule has 1 aromatic heterocycles. The van der Waals surface area contributed by atoms with E-state index >= 15 is 0 Å². The van der Waals surface area contributed by atoms with E-state index in [4.69, 9.17) is 9.15 Å². The molecule has 0 spiro atoms. The highest BCUT2D eigenvalue weighted by atomic mass is 16.5. The Kier molecular flexibility index (Phi) is 4.80. The molecule has 3 heterocycles. The van der Waals surface area contributed by atoms with Crippen molar-refractivity contribution in [2.24, 2.45) is 0 Å². The van der Waals surface area contributed by atoms with Crippen LogP contribution < -0.4 is 15.7 Å². The average molecular weight is 386 g/mol. The van der Waals surface area contributed by atoms with Gasteiger partial charge in [0.15, 0.2) is 23.4 Å². The van der Waals surface area contributed by atoms with Gasteiger partial charge >= 0.3 is 5.63 Å². The number of aryl methyl sites for hydroxylation is 2. The summed E-state index contributed by atoms with van der Waals surface area (Å²) in [5.74, 6) is -0.169. The van der Waals surface area contributed by atoms with Crippen molar-refractivity contribution in [1.82, 2.24) is 10.2 Å². The summed E-state index contributed by atoms with van der Waals surface area (Å²) in [7, 11) is 0. The fourth-order valence-corrected chi connectivity index (χ4v) is 4.03. The number of aldehydes is 1. The van der Waals surface area contributed by atoms with Crippen LogP contribution in [0.5, 0.6) is 11.5 Å². The largest absolute Gasteiger partial charge is 0.504 e. The Hall–Kier alpha value is -2.87. The molecule has 4 rings (SSSR count). The summed E-state index contributed by atoms with van der Waals surface area (Å²) in [4.78, 5) is 38.6. The molecular weight excluding hydrogens is 364 g/mol. The van der Waals surface area contributed by atoms with E-state index in [-0.39, 0.29) is 40.5 Å². The molecule has 0 radical (unpaired) electrons. The Bertz CT molecular complexity index is 1020. The highest BCUT2D eigenvalue weighted by Gasteiger charge is 2.28. The number of ether oxygens (including phenoxy) is 1. The lowest BCUT2D eigenvalue weighted by Crippen LogP contribution is -2.47. The van der Waals surface area contributed by atoms with Crippen LogP contribution in [0.25, 0.3) is 11.0 Å². The van der Waals surface area contributed by atoms with Gasteiger partial charge in [-0.15, -0.1) is 0 Å². The van der Waals surface area contributed by atoms with Crippen molar-refractivity contribution in [2.45, 2.75) is 26.2 Å². The molecule has 2 aliphatic rings. The summed E-state index contributed by atoms with van der Waals surface area (Å²) < 4.78 is 11.0. The van der Waals surface area contributed by atoms with Crippen molar-refractivity contribution in [2.75, 3.05) is 32.8 Å². The zero-order valence-corrected chi connectivity index (χ0v) is 15.7. The quantitative estimate of drug-likeness (QED) is 0.596. The number of hydrogen-bond acceptors (Lipinski definition) is 7. The van der Waals surface area contributed by atoms with Crippen LogP contribution in [0, 0.1) is 6.92 Å². The number of benzene rings is 1. The monoisotopic (exact) mass is 386 g/mol. The number of aromatic hydroxyl groups is 1. The molecule has 2 N–H and O–H groups in total. The van der Waals surface area contributed by atoms with Crippen molar-refractivity contribution in [3.05, 3.63) is 32.7 Å². The van der Waals surface area contributed by atoms with Crippen LogP contribution in [-0.4, -0.2) is 55.0 Å². The summed E-state index contributed by atoms with van der Waals surface area (Å²) in [6.45, 7) is 4.84. The molecule has 1 aromatic carbocycles. The summed E-state index contributed by atoms with van der Waals surface area (Å²) in [6, 6.07) is 0.